The zero-order valence-electron chi connectivity index (χ0n) is 24.9. The lowest BCUT2D eigenvalue weighted by atomic mass is 9.90. The molecule has 0 bridgehead atoms. The van der Waals surface area contributed by atoms with Crippen molar-refractivity contribution in [1.82, 2.24) is 10.2 Å². The van der Waals surface area contributed by atoms with Crippen LogP contribution in [0.3, 0.4) is 0 Å². The smallest absolute Gasteiger partial charge is 0.0693 e. The summed E-state index contributed by atoms with van der Waals surface area (Å²) in [6.45, 7) is 28.5. The van der Waals surface area contributed by atoms with Crippen LogP contribution < -0.4 is 5.32 Å². The van der Waals surface area contributed by atoms with E-state index in [-0.39, 0.29) is 6.04 Å². The standard InChI is InChI=1S/C35H52N2/c1-11-26(5)24-37(30(9)25(3)4)31(10)35(23-32-19-14-13-15-20-32)36-29(8)28(7)22-33(12-2)34-21-17-16-18-27(34)6/h12-21,25-26,28,30,35-36H,8,10-11,22-24H2,1-7,9H3/b33-12-. The topological polar surface area (TPSA) is 15.3 Å². The van der Waals surface area contributed by atoms with E-state index >= 15 is 0 Å². The fraction of sp³-hybridized carbons (Fsp3) is 0.486. The number of aryl methyl sites for hydroxylation is 1. The van der Waals surface area contributed by atoms with Crippen LogP contribution in [0.5, 0.6) is 0 Å². The Morgan fingerprint density at radius 3 is 2.14 bits per heavy atom. The third-order valence-electron chi connectivity index (χ3n) is 8.04. The first-order chi connectivity index (χ1) is 17.6. The van der Waals surface area contributed by atoms with E-state index in [9.17, 15) is 0 Å². The summed E-state index contributed by atoms with van der Waals surface area (Å²) < 4.78 is 0. The molecule has 2 aromatic carbocycles. The van der Waals surface area contributed by atoms with Gasteiger partial charge in [0.1, 0.15) is 0 Å². The van der Waals surface area contributed by atoms with E-state index in [0.717, 1.165) is 25.1 Å². The fourth-order valence-electron chi connectivity index (χ4n) is 4.81. The highest BCUT2D eigenvalue weighted by Crippen LogP contribution is 2.29. The Bertz CT molecular complexity index is 1020. The van der Waals surface area contributed by atoms with Gasteiger partial charge in [0.2, 0.25) is 0 Å². The number of nitrogens with zero attached hydrogens (tertiary/aromatic N) is 1. The minimum absolute atomic E-state index is 0.0927. The summed E-state index contributed by atoms with van der Waals surface area (Å²) >= 11 is 0. The molecule has 0 saturated heterocycles. The molecule has 0 aromatic heterocycles. The van der Waals surface area contributed by atoms with Crippen molar-refractivity contribution in [2.45, 2.75) is 86.7 Å². The lowest BCUT2D eigenvalue weighted by molar-refractivity contribution is 0.176. The first-order valence-corrected chi connectivity index (χ1v) is 14.2. The highest BCUT2D eigenvalue weighted by Gasteiger charge is 2.27. The Balaban J connectivity index is 2.29. The maximum Gasteiger partial charge on any atom is 0.0693 e. The molecule has 2 heteroatoms. The van der Waals surface area contributed by atoms with E-state index in [1.165, 1.54) is 34.4 Å². The van der Waals surface area contributed by atoms with Gasteiger partial charge >= 0.3 is 0 Å². The molecule has 202 valence electrons. The summed E-state index contributed by atoms with van der Waals surface area (Å²) in [4.78, 5) is 2.56. The molecule has 4 unspecified atom stereocenters. The minimum Gasteiger partial charge on any atom is -0.380 e. The third kappa shape index (κ3) is 8.95. The Hall–Kier alpha value is -2.74. The highest BCUT2D eigenvalue weighted by molar-refractivity contribution is 5.68. The van der Waals surface area contributed by atoms with Gasteiger partial charge in [0.25, 0.3) is 0 Å². The predicted octanol–water partition coefficient (Wildman–Crippen LogP) is 9.05. The fourth-order valence-corrected chi connectivity index (χ4v) is 4.81. The van der Waals surface area contributed by atoms with Crippen LogP contribution >= 0.6 is 0 Å². The van der Waals surface area contributed by atoms with Crippen LogP contribution in [-0.2, 0) is 6.42 Å². The molecular formula is C35H52N2. The quantitative estimate of drug-likeness (QED) is 0.262. The summed E-state index contributed by atoms with van der Waals surface area (Å²) in [6, 6.07) is 19.9. The van der Waals surface area contributed by atoms with Crippen molar-refractivity contribution in [2.24, 2.45) is 17.8 Å². The van der Waals surface area contributed by atoms with Gasteiger partial charge in [-0.25, -0.2) is 0 Å². The number of benzene rings is 2. The van der Waals surface area contributed by atoms with Gasteiger partial charge in [0, 0.05) is 24.0 Å². The summed E-state index contributed by atoms with van der Waals surface area (Å²) in [6.07, 6.45) is 5.27. The first kappa shape index (κ1) is 30.5. The summed E-state index contributed by atoms with van der Waals surface area (Å²) in [5.74, 6) is 1.46. The van der Waals surface area contributed by atoms with Crippen molar-refractivity contribution >= 4 is 5.57 Å². The predicted molar refractivity (Wildman–Crippen MR) is 164 cm³/mol. The molecule has 0 fully saturated rings. The second kappa shape index (κ2) is 14.9. The van der Waals surface area contributed by atoms with Crippen LogP contribution in [0.25, 0.3) is 5.57 Å². The van der Waals surface area contributed by atoms with Crippen LogP contribution in [0, 0.1) is 24.7 Å². The summed E-state index contributed by atoms with van der Waals surface area (Å²) in [5.41, 5.74) is 7.59. The van der Waals surface area contributed by atoms with Crippen molar-refractivity contribution in [3.05, 3.63) is 102 Å². The zero-order chi connectivity index (χ0) is 27.5. The van der Waals surface area contributed by atoms with Crippen LogP contribution in [0.15, 0.2) is 85.2 Å². The molecule has 37 heavy (non-hydrogen) atoms. The van der Waals surface area contributed by atoms with Gasteiger partial charge in [-0.2, -0.15) is 0 Å². The van der Waals surface area contributed by atoms with E-state index in [4.69, 9.17) is 6.58 Å². The van der Waals surface area contributed by atoms with Gasteiger partial charge in [-0.15, -0.1) is 0 Å². The van der Waals surface area contributed by atoms with Gasteiger partial charge in [-0.05, 0) is 73.6 Å². The molecule has 0 radical (unpaired) electrons. The molecule has 0 aliphatic rings. The molecule has 2 nitrogen and oxygen atoms in total. The number of nitrogens with one attached hydrogen (secondary N) is 1. The maximum absolute atomic E-state index is 4.70. The van der Waals surface area contributed by atoms with Crippen molar-refractivity contribution < 1.29 is 0 Å². The number of rotatable bonds is 15. The second-order valence-electron chi connectivity index (χ2n) is 11.3. The van der Waals surface area contributed by atoms with Crippen LogP contribution in [0.2, 0.25) is 0 Å². The lowest BCUT2D eigenvalue weighted by Crippen LogP contribution is -2.46. The average molecular weight is 501 g/mol. The molecule has 0 heterocycles. The van der Waals surface area contributed by atoms with Crippen LogP contribution in [0.1, 0.15) is 78.0 Å². The average Bonchev–Trinajstić information content (AvgIpc) is 2.89. The van der Waals surface area contributed by atoms with Crippen molar-refractivity contribution in [3.8, 4) is 0 Å². The van der Waals surface area contributed by atoms with Gasteiger partial charge in [-0.3, -0.25) is 0 Å². The Labute approximate surface area is 228 Å². The molecule has 0 spiro atoms. The van der Waals surface area contributed by atoms with Crippen molar-refractivity contribution in [2.75, 3.05) is 6.54 Å². The molecular weight excluding hydrogens is 448 g/mol. The largest absolute Gasteiger partial charge is 0.380 e. The molecule has 4 atom stereocenters. The molecule has 0 aliphatic heterocycles. The number of allylic oxidation sites excluding steroid dienone is 3. The van der Waals surface area contributed by atoms with E-state index < -0.39 is 0 Å². The van der Waals surface area contributed by atoms with Crippen molar-refractivity contribution in [1.29, 1.82) is 0 Å². The normalized spacial score (nSPS) is 15.1. The lowest BCUT2D eigenvalue weighted by Gasteiger charge is -2.41. The third-order valence-corrected chi connectivity index (χ3v) is 8.04. The molecule has 0 aliphatic carbocycles. The summed E-state index contributed by atoms with van der Waals surface area (Å²) in [7, 11) is 0. The monoisotopic (exact) mass is 500 g/mol. The van der Waals surface area contributed by atoms with Crippen LogP contribution in [-0.4, -0.2) is 23.5 Å². The minimum atomic E-state index is 0.0927. The van der Waals surface area contributed by atoms with E-state index in [0.29, 0.717) is 23.8 Å². The number of hydrogen-bond donors (Lipinski definition) is 1. The number of hydrogen-bond acceptors (Lipinski definition) is 2. The van der Waals surface area contributed by atoms with E-state index in [1.807, 2.05) is 0 Å². The molecule has 2 aromatic rings. The highest BCUT2D eigenvalue weighted by atomic mass is 15.2. The van der Waals surface area contributed by atoms with E-state index in [2.05, 4.69) is 133 Å². The van der Waals surface area contributed by atoms with Gasteiger partial charge in [0.15, 0.2) is 0 Å². The van der Waals surface area contributed by atoms with Gasteiger partial charge in [0.05, 0.1) is 6.04 Å². The van der Waals surface area contributed by atoms with Crippen LogP contribution in [0.4, 0.5) is 0 Å². The Morgan fingerprint density at radius 1 is 0.946 bits per heavy atom. The second-order valence-corrected chi connectivity index (χ2v) is 11.3. The Morgan fingerprint density at radius 2 is 1.57 bits per heavy atom. The molecule has 0 amide bonds. The van der Waals surface area contributed by atoms with Gasteiger partial charge in [-0.1, -0.05) is 115 Å². The Kier molecular flexibility index (Phi) is 12.2. The molecule has 2 rings (SSSR count). The SMILES string of the molecule is C=C(NC(Cc1ccccc1)C(=C)N(CC(C)CC)C(C)C(C)C)C(C)C/C(=C/C)c1ccccc1C. The molecule has 0 saturated carbocycles. The van der Waals surface area contributed by atoms with Gasteiger partial charge < -0.3 is 10.2 Å². The van der Waals surface area contributed by atoms with E-state index in [1.54, 1.807) is 0 Å². The maximum atomic E-state index is 4.70. The molecule has 1 N–H and O–H groups in total. The first-order valence-electron chi connectivity index (χ1n) is 14.2. The van der Waals surface area contributed by atoms with Crippen molar-refractivity contribution in [3.63, 3.8) is 0 Å². The zero-order valence-corrected chi connectivity index (χ0v) is 24.9. The summed E-state index contributed by atoms with van der Waals surface area (Å²) in [5, 5.41) is 3.86.